The molecule has 1 amide bonds. The summed E-state index contributed by atoms with van der Waals surface area (Å²) in [6, 6.07) is 17.2. The van der Waals surface area contributed by atoms with Gasteiger partial charge in [0.2, 0.25) is 0 Å². The number of ether oxygens (including phenoxy) is 1. The van der Waals surface area contributed by atoms with E-state index in [2.05, 4.69) is 25.3 Å². The van der Waals surface area contributed by atoms with Gasteiger partial charge in [-0.05, 0) is 49.4 Å². The molecule has 0 aliphatic carbocycles. The Kier molecular flexibility index (Phi) is 6.58. The number of H-pyrrole nitrogens is 1. The number of carbonyl (C=O) groups excluding carboxylic acids is 2. The zero-order chi connectivity index (χ0) is 29.7. The summed E-state index contributed by atoms with van der Waals surface area (Å²) in [6.07, 6.45) is 3.16. The number of nitrogens with zero attached hydrogens (tertiary/aromatic N) is 6. The normalized spacial score (nSPS) is 14.4. The van der Waals surface area contributed by atoms with Gasteiger partial charge in [0.15, 0.2) is 0 Å². The van der Waals surface area contributed by atoms with E-state index < -0.39 is 11.7 Å². The highest BCUT2D eigenvalue weighted by molar-refractivity contribution is 6.45. The van der Waals surface area contributed by atoms with Crippen LogP contribution in [0.25, 0.3) is 16.6 Å². The average molecular weight is 595 g/mol. The van der Waals surface area contributed by atoms with Crippen molar-refractivity contribution in [2.45, 2.75) is 6.92 Å². The maximum Gasteiger partial charge on any atom is 0.295 e. The Morgan fingerprint density at radius 2 is 1.81 bits per heavy atom. The minimum absolute atomic E-state index is 0.250. The smallest absolute Gasteiger partial charge is 0.295 e. The number of benzene rings is 3. The minimum Gasteiger partial charge on any atom is -0.496 e. The van der Waals surface area contributed by atoms with Gasteiger partial charge in [-0.15, -0.1) is 0 Å². The third-order valence-corrected chi connectivity index (χ3v) is 8.01. The first kappa shape index (κ1) is 26.7. The van der Waals surface area contributed by atoms with Crippen LogP contribution in [0.2, 0.25) is 5.02 Å². The number of piperazine rings is 1. The van der Waals surface area contributed by atoms with E-state index in [-0.39, 0.29) is 5.56 Å². The van der Waals surface area contributed by atoms with Crippen molar-refractivity contribution in [1.82, 2.24) is 29.5 Å². The zero-order valence-corrected chi connectivity index (χ0v) is 24.2. The van der Waals surface area contributed by atoms with Gasteiger partial charge in [-0.2, -0.15) is 5.10 Å². The maximum absolute atomic E-state index is 13.6. The van der Waals surface area contributed by atoms with Crippen LogP contribution in [-0.4, -0.2) is 80.4 Å². The Morgan fingerprint density at radius 3 is 2.58 bits per heavy atom. The molecule has 0 spiro atoms. The number of ketones is 1. The van der Waals surface area contributed by atoms with E-state index in [1.54, 1.807) is 35.1 Å². The molecule has 4 heterocycles. The van der Waals surface area contributed by atoms with E-state index in [4.69, 9.17) is 21.3 Å². The standard InChI is InChI=1S/C31H27ClN8O3/c1-18-34-17-40(37-18)25-9-10-26(43-2)27-21(16-33-28(25)27)29(41)31(42)39-13-11-38(12-14-39)30-20-5-3-4-6-22(20)35-23-8-7-19(32)15-24(23)36-30/h3-10,15-17,33,35H,11-14H2,1-2H3. The predicted molar refractivity (Wildman–Crippen MR) is 164 cm³/mol. The van der Waals surface area contributed by atoms with E-state index in [0.717, 1.165) is 28.5 Å². The van der Waals surface area contributed by atoms with Crippen LogP contribution in [0.5, 0.6) is 5.75 Å². The first-order valence-electron chi connectivity index (χ1n) is 13.8. The number of amidine groups is 1. The summed E-state index contributed by atoms with van der Waals surface area (Å²) in [6.45, 7) is 3.55. The molecule has 0 unspecified atom stereocenters. The van der Waals surface area contributed by atoms with Crippen molar-refractivity contribution in [3.05, 3.63) is 89.1 Å². The number of Topliss-reactive ketones (excluding diaryl/α,β-unsaturated/α-hetero) is 1. The van der Waals surface area contributed by atoms with Gasteiger partial charge in [-0.1, -0.05) is 23.7 Å². The van der Waals surface area contributed by atoms with Crippen molar-refractivity contribution >= 4 is 57.1 Å². The molecule has 216 valence electrons. The fraction of sp³-hybridized carbons (Fsp3) is 0.194. The molecule has 5 aromatic rings. The SMILES string of the molecule is COc1ccc(-n2cnc(C)n2)c2[nH]cc(C(=O)C(=O)N3CCN(C4=Nc5cc(Cl)ccc5Nc5ccccc54)CC3)c12. The van der Waals surface area contributed by atoms with Crippen LogP contribution in [0.4, 0.5) is 17.1 Å². The van der Waals surface area contributed by atoms with Crippen molar-refractivity contribution in [3.63, 3.8) is 0 Å². The van der Waals surface area contributed by atoms with Gasteiger partial charge in [-0.25, -0.2) is 14.7 Å². The van der Waals surface area contributed by atoms with Crippen LogP contribution in [0.15, 0.2) is 72.1 Å². The third-order valence-electron chi connectivity index (χ3n) is 7.78. The second-order valence-corrected chi connectivity index (χ2v) is 10.8. The van der Waals surface area contributed by atoms with Crippen molar-refractivity contribution in [2.75, 3.05) is 38.6 Å². The summed E-state index contributed by atoms with van der Waals surface area (Å²) < 4.78 is 7.20. The highest BCUT2D eigenvalue weighted by atomic mass is 35.5. The first-order chi connectivity index (χ1) is 20.9. The number of aryl methyl sites for hydroxylation is 1. The predicted octanol–water partition coefficient (Wildman–Crippen LogP) is 4.88. The number of halogens is 1. The summed E-state index contributed by atoms with van der Waals surface area (Å²) in [5.41, 5.74) is 5.06. The summed E-state index contributed by atoms with van der Waals surface area (Å²) >= 11 is 6.29. The van der Waals surface area contributed by atoms with E-state index in [1.807, 2.05) is 48.5 Å². The van der Waals surface area contributed by atoms with E-state index >= 15 is 0 Å². The van der Waals surface area contributed by atoms with Gasteiger partial charge >= 0.3 is 0 Å². The van der Waals surface area contributed by atoms with Crippen LogP contribution in [0, 0.1) is 6.92 Å². The topological polar surface area (TPSA) is 121 Å². The van der Waals surface area contributed by atoms with E-state index in [1.165, 1.54) is 7.11 Å². The Labute approximate surface area is 251 Å². The molecule has 1 saturated heterocycles. The Hall–Kier alpha value is -5.16. The molecule has 2 aliphatic rings. The number of fused-ring (bicyclic) bond motifs is 3. The van der Waals surface area contributed by atoms with E-state index in [9.17, 15) is 9.59 Å². The molecule has 7 rings (SSSR count). The number of aliphatic imine (C=N–C) groups is 1. The van der Waals surface area contributed by atoms with Crippen LogP contribution in [-0.2, 0) is 4.79 Å². The lowest BCUT2D eigenvalue weighted by atomic mass is 10.1. The van der Waals surface area contributed by atoms with Gasteiger partial charge in [0, 0.05) is 48.6 Å². The second-order valence-electron chi connectivity index (χ2n) is 10.4. The Balaban J connectivity index is 1.14. The van der Waals surface area contributed by atoms with Crippen LogP contribution >= 0.6 is 11.6 Å². The van der Waals surface area contributed by atoms with Crippen LogP contribution in [0.3, 0.4) is 0 Å². The highest BCUT2D eigenvalue weighted by Gasteiger charge is 2.32. The van der Waals surface area contributed by atoms with Crippen molar-refractivity contribution in [3.8, 4) is 11.4 Å². The molecular weight excluding hydrogens is 568 g/mol. The molecule has 0 saturated carbocycles. The summed E-state index contributed by atoms with van der Waals surface area (Å²) in [5, 5.41) is 8.98. The Bertz CT molecular complexity index is 1940. The lowest BCUT2D eigenvalue weighted by Gasteiger charge is -2.36. The van der Waals surface area contributed by atoms with Crippen LogP contribution < -0.4 is 10.1 Å². The summed E-state index contributed by atoms with van der Waals surface area (Å²) in [7, 11) is 1.53. The molecular formula is C31H27ClN8O3. The summed E-state index contributed by atoms with van der Waals surface area (Å²) in [4.78, 5) is 43.3. The number of aromatic nitrogens is 4. The molecule has 0 atom stereocenters. The fourth-order valence-corrected chi connectivity index (χ4v) is 5.80. The van der Waals surface area contributed by atoms with Gasteiger partial charge in [0.05, 0.1) is 40.6 Å². The molecule has 0 bridgehead atoms. The number of rotatable bonds is 4. The molecule has 12 heteroatoms. The number of hydrogen-bond acceptors (Lipinski definition) is 8. The number of para-hydroxylation sites is 1. The molecule has 11 nitrogen and oxygen atoms in total. The van der Waals surface area contributed by atoms with Crippen molar-refractivity contribution < 1.29 is 14.3 Å². The number of aromatic amines is 1. The number of hydrogen-bond donors (Lipinski definition) is 2. The first-order valence-corrected chi connectivity index (χ1v) is 14.2. The number of methoxy groups -OCH3 is 1. The molecule has 1 fully saturated rings. The summed E-state index contributed by atoms with van der Waals surface area (Å²) in [5.74, 6) is 0.724. The molecule has 3 aromatic carbocycles. The lowest BCUT2D eigenvalue weighted by Crippen LogP contribution is -2.52. The maximum atomic E-state index is 13.6. The van der Waals surface area contributed by atoms with Crippen LogP contribution in [0.1, 0.15) is 21.7 Å². The number of anilines is 2. The number of nitrogens with one attached hydrogen (secondary N) is 2. The highest BCUT2D eigenvalue weighted by Crippen LogP contribution is 2.37. The fourth-order valence-electron chi connectivity index (χ4n) is 5.64. The van der Waals surface area contributed by atoms with Gasteiger partial charge in [0.25, 0.3) is 11.7 Å². The van der Waals surface area contributed by atoms with Crippen molar-refractivity contribution in [1.29, 1.82) is 0 Å². The number of amides is 1. The second kappa shape index (κ2) is 10.6. The minimum atomic E-state index is -0.602. The van der Waals surface area contributed by atoms with E-state index in [0.29, 0.717) is 59.4 Å². The third kappa shape index (κ3) is 4.67. The van der Waals surface area contributed by atoms with Crippen molar-refractivity contribution in [2.24, 2.45) is 4.99 Å². The largest absolute Gasteiger partial charge is 0.496 e. The van der Waals surface area contributed by atoms with Gasteiger partial charge in [0.1, 0.15) is 23.7 Å². The van der Waals surface area contributed by atoms with Gasteiger partial charge in [-0.3, -0.25) is 9.59 Å². The zero-order valence-electron chi connectivity index (χ0n) is 23.5. The molecule has 0 radical (unpaired) electrons. The monoisotopic (exact) mass is 594 g/mol. The molecule has 2 N–H and O–H groups in total. The lowest BCUT2D eigenvalue weighted by molar-refractivity contribution is -0.127. The van der Waals surface area contributed by atoms with Gasteiger partial charge < -0.3 is 24.8 Å². The molecule has 43 heavy (non-hydrogen) atoms. The Morgan fingerprint density at radius 1 is 1.00 bits per heavy atom. The average Bonchev–Trinajstić information content (AvgIpc) is 3.63. The quantitative estimate of drug-likeness (QED) is 0.225. The molecule has 2 aliphatic heterocycles. The molecule has 2 aromatic heterocycles. The number of carbonyl (C=O) groups is 2.